The highest BCUT2D eigenvalue weighted by molar-refractivity contribution is 5.53. The van der Waals surface area contributed by atoms with E-state index < -0.39 is 18.1 Å². The van der Waals surface area contributed by atoms with Crippen LogP contribution < -0.4 is 11.5 Å². The van der Waals surface area contributed by atoms with Gasteiger partial charge in [-0.25, -0.2) is 13.8 Å². The summed E-state index contributed by atoms with van der Waals surface area (Å²) in [4.78, 5) is 2.91. The lowest BCUT2D eigenvalue weighted by Gasteiger charge is -2.04. The van der Waals surface area contributed by atoms with E-state index in [0.717, 1.165) is 6.07 Å². The highest BCUT2D eigenvalue weighted by Gasteiger charge is 2.15. The first-order valence-electron chi connectivity index (χ1n) is 3.02. The molecule has 3 nitrogen and oxygen atoms in total. The first-order chi connectivity index (χ1) is 5.52. The number of pyridine rings is 1. The molecule has 0 fully saturated rings. The maximum Gasteiger partial charge on any atom is 0.282 e. The molecule has 0 radical (unpaired) electrons. The van der Waals surface area contributed by atoms with Crippen LogP contribution in [-0.2, 0) is 0 Å². The molecule has 0 saturated heterocycles. The van der Waals surface area contributed by atoms with Crippen molar-refractivity contribution in [2.75, 3.05) is 11.5 Å². The second-order valence-electron chi connectivity index (χ2n) is 2.14. The van der Waals surface area contributed by atoms with E-state index in [2.05, 4.69) is 4.98 Å². The Balaban J connectivity index is 3.23. The van der Waals surface area contributed by atoms with Crippen molar-refractivity contribution in [3.05, 3.63) is 17.7 Å². The first-order valence-corrected chi connectivity index (χ1v) is 3.02. The average Bonchev–Trinajstić information content (AvgIpc) is 1.96. The van der Waals surface area contributed by atoms with Crippen LogP contribution in [0.2, 0.25) is 0 Å². The lowest BCUT2D eigenvalue weighted by molar-refractivity contribution is 0.146. The molecular weight excluding hydrogens is 171 g/mol. The number of anilines is 2. The summed E-state index contributed by atoms with van der Waals surface area (Å²) in [5.74, 6) is -1.13. The van der Waals surface area contributed by atoms with E-state index >= 15 is 0 Å². The molecule has 1 heterocycles. The first kappa shape index (κ1) is 8.63. The highest BCUT2D eigenvalue weighted by atomic mass is 19.3. The Labute approximate surface area is 66.2 Å². The Morgan fingerprint density at radius 3 is 2.33 bits per heavy atom. The zero-order valence-electron chi connectivity index (χ0n) is 5.89. The molecule has 0 aliphatic rings. The molecular formula is C6H6F3N3. The molecule has 0 spiro atoms. The standard InChI is InChI=1S/C6H6F3N3/c7-5(8)4-2(10)1-3(11)6(9)12-4/h1,5H,10-11H2. The van der Waals surface area contributed by atoms with Gasteiger partial charge in [0.05, 0.1) is 11.4 Å². The van der Waals surface area contributed by atoms with E-state index in [1.807, 2.05) is 0 Å². The third kappa shape index (κ3) is 1.41. The predicted molar refractivity (Wildman–Crippen MR) is 38.0 cm³/mol. The van der Waals surface area contributed by atoms with Crippen molar-refractivity contribution in [2.24, 2.45) is 0 Å². The van der Waals surface area contributed by atoms with Gasteiger partial charge in [-0.15, -0.1) is 0 Å². The van der Waals surface area contributed by atoms with Gasteiger partial charge in [0.1, 0.15) is 5.69 Å². The van der Waals surface area contributed by atoms with E-state index in [-0.39, 0.29) is 11.4 Å². The maximum absolute atomic E-state index is 12.5. The van der Waals surface area contributed by atoms with Gasteiger partial charge in [-0.05, 0) is 6.07 Å². The van der Waals surface area contributed by atoms with Crippen LogP contribution in [0, 0.1) is 5.95 Å². The summed E-state index contributed by atoms with van der Waals surface area (Å²) in [7, 11) is 0. The lowest BCUT2D eigenvalue weighted by atomic mass is 10.3. The quantitative estimate of drug-likeness (QED) is 0.636. The molecule has 6 heteroatoms. The summed E-state index contributed by atoms with van der Waals surface area (Å²) in [6, 6.07) is 0.920. The minimum atomic E-state index is -2.89. The normalized spacial score (nSPS) is 10.7. The molecule has 0 bridgehead atoms. The summed E-state index contributed by atoms with van der Waals surface area (Å²) in [5.41, 5.74) is 8.71. The molecule has 12 heavy (non-hydrogen) atoms. The number of hydrogen-bond acceptors (Lipinski definition) is 3. The van der Waals surface area contributed by atoms with Crippen LogP contribution in [0.15, 0.2) is 6.07 Å². The number of nitrogen functional groups attached to an aromatic ring is 2. The SMILES string of the molecule is Nc1cc(N)c(C(F)F)nc1F. The molecule has 0 unspecified atom stereocenters. The fraction of sp³-hybridized carbons (Fsp3) is 0.167. The molecule has 1 aromatic rings. The topological polar surface area (TPSA) is 64.9 Å². The molecule has 1 aromatic heterocycles. The Kier molecular flexibility index (Phi) is 2.07. The van der Waals surface area contributed by atoms with Gasteiger partial charge in [-0.2, -0.15) is 4.39 Å². The van der Waals surface area contributed by atoms with Gasteiger partial charge in [0, 0.05) is 0 Å². The summed E-state index contributed by atoms with van der Waals surface area (Å²) in [5, 5.41) is 0. The van der Waals surface area contributed by atoms with Gasteiger partial charge in [-0.1, -0.05) is 0 Å². The number of rotatable bonds is 1. The molecule has 0 atom stereocenters. The number of nitrogens with two attached hydrogens (primary N) is 2. The van der Waals surface area contributed by atoms with Crippen LogP contribution in [0.4, 0.5) is 24.5 Å². The minimum absolute atomic E-state index is 0.302. The predicted octanol–water partition coefficient (Wildman–Crippen LogP) is 1.32. The Morgan fingerprint density at radius 2 is 1.83 bits per heavy atom. The van der Waals surface area contributed by atoms with Crippen molar-refractivity contribution in [3.63, 3.8) is 0 Å². The molecule has 0 aliphatic carbocycles. The van der Waals surface area contributed by atoms with E-state index in [0.29, 0.717) is 0 Å². The second-order valence-corrected chi connectivity index (χ2v) is 2.14. The molecule has 0 amide bonds. The Morgan fingerprint density at radius 1 is 1.25 bits per heavy atom. The summed E-state index contributed by atoms with van der Waals surface area (Å²) in [6.45, 7) is 0. The lowest BCUT2D eigenvalue weighted by Crippen LogP contribution is -2.04. The van der Waals surface area contributed by atoms with E-state index in [9.17, 15) is 13.2 Å². The van der Waals surface area contributed by atoms with Crippen molar-refractivity contribution in [2.45, 2.75) is 6.43 Å². The Bertz CT molecular complexity index is 300. The largest absolute Gasteiger partial charge is 0.397 e. The maximum atomic E-state index is 12.5. The molecule has 0 aliphatic heterocycles. The molecule has 0 aromatic carbocycles. The summed E-state index contributed by atoms with van der Waals surface area (Å²) in [6.07, 6.45) is -2.89. The number of alkyl halides is 2. The van der Waals surface area contributed by atoms with Gasteiger partial charge in [0.25, 0.3) is 6.43 Å². The summed E-state index contributed by atoms with van der Waals surface area (Å²) < 4.78 is 36.5. The molecule has 0 saturated carbocycles. The van der Waals surface area contributed by atoms with Crippen LogP contribution in [-0.4, -0.2) is 4.98 Å². The Hall–Kier alpha value is -1.46. The zero-order chi connectivity index (χ0) is 9.30. The van der Waals surface area contributed by atoms with E-state index in [1.54, 1.807) is 0 Å². The smallest absolute Gasteiger partial charge is 0.282 e. The highest BCUT2D eigenvalue weighted by Crippen LogP contribution is 2.25. The van der Waals surface area contributed by atoms with Gasteiger partial charge < -0.3 is 11.5 Å². The van der Waals surface area contributed by atoms with Crippen LogP contribution in [0.5, 0.6) is 0 Å². The van der Waals surface area contributed by atoms with Crippen molar-refractivity contribution in [1.82, 2.24) is 4.98 Å². The van der Waals surface area contributed by atoms with Crippen LogP contribution in [0.1, 0.15) is 12.1 Å². The molecule has 4 N–H and O–H groups in total. The average molecular weight is 177 g/mol. The van der Waals surface area contributed by atoms with Gasteiger partial charge >= 0.3 is 0 Å². The number of halogens is 3. The van der Waals surface area contributed by atoms with E-state index in [4.69, 9.17) is 11.5 Å². The van der Waals surface area contributed by atoms with Gasteiger partial charge in [0.15, 0.2) is 0 Å². The summed E-state index contributed by atoms with van der Waals surface area (Å²) >= 11 is 0. The monoisotopic (exact) mass is 177 g/mol. The number of aromatic nitrogens is 1. The van der Waals surface area contributed by atoms with E-state index in [1.165, 1.54) is 0 Å². The minimum Gasteiger partial charge on any atom is -0.397 e. The van der Waals surface area contributed by atoms with Gasteiger partial charge in [-0.3, -0.25) is 0 Å². The third-order valence-electron chi connectivity index (χ3n) is 1.27. The van der Waals surface area contributed by atoms with Crippen molar-refractivity contribution >= 4 is 11.4 Å². The van der Waals surface area contributed by atoms with Gasteiger partial charge in [0.2, 0.25) is 5.95 Å². The van der Waals surface area contributed by atoms with Crippen molar-refractivity contribution in [3.8, 4) is 0 Å². The van der Waals surface area contributed by atoms with Crippen LogP contribution in [0.3, 0.4) is 0 Å². The zero-order valence-corrected chi connectivity index (χ0v) is 5.89. The molecule has 1 rings (SSSR count). The van der Waals surface area contributed by atoms with Crippen LogP contribution in [0.25, 0.3) is 0 Å². The van der Waals surface area contributed by atoms with Crippen molar-refractivity contribution < 1.29 is 13.2 Å². The van der Waals surface area contributed by atoms with Crippen LogP contribution >= 0.6 is 0 Å². The fourth-order valence-corrected chi connectivity index (χ4v) is 0.711. The number of nitrogens with zero attached hydrogens (tertiary/aromatic N) is 1. The second kappa shape index (κ2) is 2.88. The van der Waals surface area contributed by atoms with Crippen molar-refractivity contribution in [1.29, 1.82) is 0 Å². The molecule has 66 valence electrons. The fourth-order valence-electron chi connectivity index (χ4n) is 0.711. The third-order valence-corrected chi connectivity index (χ3v) is 1.27. The number of hydrogen-bond donors (Lipinski definition) is 2.